The molecule has 2 aromatic rings. The minimum atomic E-state index is -0.614. The van der Waals surface area contributed by atoms with Crippen molar-refractivity contribution in [3.8, 4) is 5.75 Å². The van der Waals surface area contributed by atoms with Crippen molar-refractivity contribution in [3.05, 3.63) is 53.9 Å². The number of benzene rings is 1. The van der Waals surface area contributed by atoms with E-state index in [-0.39, 0.29) is 0 Å². The molecule has 0 amide bonds. The number of aryl methyl sites for hydroxylation is 1. The maximum Gasteiger partial charge on any atom is 0.191 e. The molecule has 1 heterocycles. The maximum absolute atomic E-state index is 10.3. The lowest BCUT2D eigenvalue weighted by Gasteiger charge is -2.15. The predicted octanol–water partition coefficient (Wildman–Crippen LogP) is 1.82. The molecule has 0 fully saturated rings. The summed E-state index contributed by atoms with van der Waals surface area (Å²) in [5.74, 6) is 1.46. The van der Waals surface area contributed by atoms with Crippen LogP contribution in [0.15, 0.2) is 47.7 Å². The topological polar surface area (TPSA) is 70.8 Å². The Morgan fingerprint density at radius 2 is 2.00 bits per heavy atom. The molecule has 6 nitrogen and oxygen atoms in total. The first-order valence-electron chi connectivity index (χ1n) is 8.07. The monoisotopic (exact) mass is 330 g/mol. The van der Waals surface area contributed by atoms with Gasteiger partial charge in [-0.2, -0.15) is 0 Å². The summed E-state index contributed by atoms with van der Waals surface area (Å²) in [5.41, 5.74) is 1.98. The van der Waals surface area contributed by atoms with E-state index < -0.39 is 6.10 Å². The molecule has 0 aliphatic rings. The third kappa shape index (κ3) is 5.31. The van der Waals surface area contributed by atoms with Crippen LogP contribution in [-0.4, -0.2) is 35.8 Å². The molecule has 0 aliphatic carbocycles. The number of aliphatic hydroxyl groups excluding tert-OH is 1. The molecule has 0 bridgehead atoms. The number of rotatable bonds is 7. The zero-order valence-electron chi connectivity index (χ0n) is 14.5. The lowest BCUT2D eigenvalue weighted by Crippen LogP contribution is -2.39. The third-order valence-corrected chi connectivity index (χ3v) is 3.62. The molecule has 1 aromatic heterocycles. The molecule has 1 aromatic carbocycles. The van der Waals surface area contributed by atoms with E-state index in [2.05, 4.69) is 15.6 Å². The number of aromatic nitrogens is 1. The van der Waals surface area contributed by atoms with Crippen LogP contribution in [0, 0.1) is 0 Å². The lowest BCUT2D eigenvalue weighted by atomic mass is 10.1. The number of nitrogens with one attached hydrogen (secondary N) is 2. The summed E-state index contributed by atoms with van der Waals surface area (Å²) < 4.78 is 7.13. The number of nitrogens with zero attached hydrogens (tertiary/aromatic N) is 2. The number of aliphatic hydroxyl groups is 1. The molecule has 0 radical (unpaired) electrons. The van der Waals surface area contributed by atoms with Crippen molar-refractivity contribution in [1.29, 1.82) is 0 Å². The van der Waals surface area contributed by atoms with E-state index in [0.29, 0.717) is 19.0 Å². The molecule has 3 N–H and O–H groups in total. The Labute approximate surface area is 143 Å². The van der Waals surface area contributed by atoms with Gasteiger partial charge in [0.15, 0.2) is 5.96 Å². The third-order valence-electron chi connectivity index (χ3n) is 3.62. The van der Waals surface area contributed by atoms with Gasteiger partial charge in [0, 0.05) is 32.5 Å². The Morgan fingerprint density at radius 1 is 1.25 bits per heavy atom. The van der Waals surface area contributed by atoms with Crippen molar-refractivity contribution < 1.29 is 9.84 Å². The fraction of sp³-hybridized carbons (Fsp3) is 0.389. The molecule has 0 aliphatic heterocycles. The molecule has 24 heavy (non-hydrogen) atoms. The highest BCUT2D eigenvalue weighted by Crippen LogP contribution is 2.16. The molecule has 0 saturated heterocycles. The fourth-order valence-electron chi connectivity index (χ4n) is 2.30. The molecule has 6 heteroatoms. The van der Waals surface area contributed by atoms with Gasteiger partial charge in [-0.3, -0.25) is 0 Å². The maximum atomic E-state index is 10.3. The normalized spacial score (nSPS) is 12.8. The first-order valence-corrected chi connectivity index (χ1v) is 8.07. The molecular weight excluding hydrogens is 304 g/mol. The van der Waals surface area contributed by atoms with Crippen LogP contribution in [0.4, 0.5) is 0 Å². The highest BCUT2D eigenvalue weighted by Gasteiger charge is 2.08. The van der Waals surface area contributed by atoms with Gasteiger partial charge in [0.05, 0.1) is 19.8 Å². The minimum absolute atomic E-state index is 0.382. The quantitative estimate of drug-likeness (QED) is 0.535. The van der Waals surface area contributed by atoms with Crippen molar-refractivity contribution >= 4 is 5.96 Å². The van der Waals surface area contributed by atoms with E-state index in [4.69, 9.17) is 4.74 Å². The minimum Gasteiger partial charge on any atom is -0.497 e. The van der Waals surface area contributed by atoms with E-state index in [1.807, 2.05) is 61.3 Å². The molecule has 2 rings (SSSR count). The lowest BCUT2D eigenvalue weighted by molar-refractivity contribution is 0.180. The van der Waals surface area contributed by atoms with Gasteiger partial charge in [-0.25, -0.2) is 4.99 Å². The molecule has 1 unspecified atom stereocenters. The average Bonchev–Trinajstić information content (AvgIpc) is 3.02. The first-order chi connectivity index (χ1) is 11.6. The van der Waals surface area contributed by atoms with Crippen molar-refractivity contribution in [2.24, 2.45) is 12.0 Å². The van der Waals surface area contributed by atoms with Crippen LogP contribution in [0.1, 0.15) is 24.2 Å². The van der Waals surface area contributed by atoms with E-state index in [0.717, 1.165) is 23.4 Å². The molecular formula is C18H26N4O2. The summed E-state index contributed by atoms with van der Waals surface area (Å²) >= 11 is 0. The van der Waals surface area contributed by atoms with Crippen LogP contribution >= 0.6 is 0 Å². The van der Waals surface area contributed by atoms with Crippen molar-refractivity contribution in [2.45, 2.75) is 19.6 Å². The molecule has 0 saturated carbocycles. The fourth-order valence-corrected chi connectivity index (χ4v) is 2.30. The van der Waals surface area contributed by atoms with Gasteiger partial charge in [-0.15, -0.1) is 0 Å². The van der Waals surface area contributed by atoms with Gasteiger partial charge in [0.1, 0.15) is 5.75 Å². The summed E-state index contributed by atoms with van der Waals surface area (Å²) in [7, 11) is 3.61. The highest BCUT2D eigenvalue weighted by molar-refractivity contribution is 5.79. The van der Waals surface area contributed by atoms with E-state index in [1.54, 1.807) is 7.11 Å². The van der Waals surface area contributed by atoms with Crippen LogP contribution in [0.2, 0.25) is 0 Å². The number of hydrogen-bond donors (Lipinski definition) is 3. The van der Waals surface area contributed by atoms with Crippen molar-refractivity contribution in [3.63, 3.8) is 0 Å². The number of hydrogen-bond acceptors (Lipinski definition) is 3. The summed E-state index contributed by atoms with van der Waals surface area (Å²) in [6.07, 6.45) is 3.43. The zero-order chi connectivity index (χ0) is 17.4. The van der Waals surface area contributed by atoms with Crippen LogP contribution in [-0.2, 0) is 13.6 Å². The standard InChI is InChI=1S/C18H26N4O2/c1-4-19-18(20-11-14-9-10-22(2)13-14)21-12-17(23)15-5-7-16(24-3)8-6-15/h5-10,13,17,23H,4,11-12H2,1-3H3,(H2,19,20,21). The smallest absolute Gasteiger partial charge is 0.191 e. The van der Waals surface area contributed by atoms with E-state index in [1.165, 1.54) is 0 Å². The van der Waals surface area contributed by atoms with Crippen LogP contribution in [0.25, 0.3) is 0 Å². The van der Waals surface area contributed by atoms with Gasteiger partial charge < -0.3 is 25.0 Å². The molecule has 0 spiro atoms. The number of guanidine groups is 1. The van der Waals surface area contributed by atoms with Gasteiger partial charge in [0.2, 0.25) is 0 Å². The Kier molecular flexibility index (Phi) is 6.69. The van der Waals surface area contributed by atoms with Crippen LogP contribution in [0.3, 0.4) is 0 Å². The average molecular weight is 330 g/mol. The molecule has 1 atom stereocenters. The SMILES string of the molecule is CCNC(=NCc1ccn(C)c1)NCC(O)c1ccc(OC)cc1. The predicted molar refractivity (Wildman–Crippen MR) is 96.2 cm³/mol. The van der Waals surface area contributed by atoms with Crippen molar-refractivity contribution in [2.75, 3.05) is 20.2 Å². The largest absolute Gasteiger partial charge is 0.497 e. The Bertz CT molecular complexity index is 649. The van der Waals surface area contributed by atoms with Crippen molar-refractivity contribution in [1.82, 2.24) is 15.2 Å². The Balaban J connectivity index is 1.91. The van der Waals surface area contributed by atoms with E-state index >= 15 is 0 Å². The second-order valence-electron chi connectivity index (χ2n) is 5.55. The van der Waals surface area contributed by atoms with Gasteiger partial charge in [0.25, 0.3) is 0 Å². The Morgan fingerprint density at radius 3 is 2.58 bits per heavy atom. The summed E-state index contributed by atoms with van der Waals surface area (Å²) in [4.78, 5) is 4.54. The van der Waals surface area contributed by atoms with Gasteiger partial charge >= 0.3 is 0 Å². The highest BCUT2D eigenvalue weighted by atomic mass is 16.5. The first kappa shape index (κ1) is 17.9. The second kappa shape index (κ2) is 8.98. The summed E-state index contributed by atoms with van der Waals surface area (Å²) in [5, 5.41) is 16.7. The van der Waals surface area contributed by atoms with Gasteiger partial charge in [-0.05, 0) is 36.2 Å². The Hall–Kier alpha value is -2.47. The summed E-state index contributed by atoms with van der Waals surface area (Å²) in [6.45, 7) is 3.75. The summed E-state index contributed by atoms with van der Waals surface area (Å²) in [6, 6.07) is 9.44. The zero-order valence-corrected chi connectivity index (χ0v) is 14.5. The van der Waals surface area contributed by atoms with Crippen LogP contribution in [0.5, 0.6) is 5.75 Å². The van der Waals surface area contributed by atoms with Crippen LogP contribution < -0.4 is 15.4 Å². The number of aliphatic imine (C=N–C) groups is 1. The number of ether oxygens (including phenoxy) is 1. The van der Waals surface area contributed by atoms with Gasteiger partial charge in [-0.1, -0.05) is 12.1 Å². The van der Waals surface area contributed by atoms with E-state index in [9.17, 15) is 5.11 Å². The number of methoxy groups -OCH3 is 1. The molecule has 130 valence electrons. The second-order valence-corrected chi connectivity index (χ2v) is 5.55.